The predicted octanol–water partition coefficient (Wildman–Crippen LogP) is 5.41. The van der Waals surface area contributed by atoms with Crippen LogP contribution in [0, 0.1) is 22.6 Å². The van der Waals surface area contributed by atoms with Crippen molar-refractivity contribution in [2.24, 2.45) is 5.41 Å². The van der Waals surface area contributed by atoms with E-state index in [1.54, 1.807) is 0 Å². The van der Waals surface area contributed by atoms with Gasteiger partial charge in [-0.25, -0.2) is 4.39 Å². The van der Waals surface area contributed by atoms with Gasteiger partial charge in [0.2, 0.25) is 5.91 Å². The molecule has 0 radical (unpaired) electrons. The van der Waals surface area contributed by atoms with Gasteiger partial charge >= 0.3 is 6.18 Å². The number of anilines is 1. The third-order valence-electron chi connectivity index (χ3n) is 3.81. The second-order valence-corrected chi connectivity index (χ2v) is 6.98. The summed E-state index contributed by atoms with van der Waals surface area (Å²) in [6.45, 7) is 2.87. The quantitative estimate of drug-likeness (QED) is 0.665. The SMILES string of the molecule is CC(C)(COc1ccc(Cl)c(F)c1)C(=O)Nc1ccc(C#N)c(C(F)(F)F)c1. The normalized spacial score (nSPS) is 11.6. The van der Waals surface area contributed by atoms with E-state index in [0.717, 1.165) is 12.1 Å². The number of benzene rings is 2. The van der Waals surface area contributed by atoms with Crippen molar-refractivity contribution in [3.8, 4) is 11.8 Å². The molecule has 0 aliphatic heterocycles. The average Bonchev–Trinajstić information content (AvgIpc) is 2.62. The number of amides is 1. The molecule has 2 aromatic carbocycles. The second-order valence-electron chi connectivity index (χ2n) is 6.57. The first-order chi connectivity index (χ1) is 12.9. The van der Waals surface area contributed by atoms with E-state index in [2.05, 4.69) is 5.32 Å². The van der Waals surface area contributed by atoms with E-state index in [-0.39, 0.29) is 23.1 Å². The third kappa shape index (κ3) is 5.14. The molecule has 2 rings (SSSR count). The molecule has 2 aromatic rings. The minimum Gasteiger partial charge on any atom is -0.492 e. The van der Waals surface area contributed by atoms with Gasteiger partial charge in [0.25, 0.3) is 0 Å². The van der Waals surface area contributed by atoms with Gasteiger partial charge in [-0.1, -0.05) is 11.6 Å². The lowest BCUT2D eigenvalue weighted by atomic mass is 9.93. The number of hydrogen-bond acceptors (Lipinski definition) is 3. The zero-order chi connectivity index (χ0) is 21.1. The maximum absolute atomic E-state index is 13.4. The first kappa shape index (κ1) is 21.5. The molecule has 1 amide bonds. The topological polar surface area (TPSA) is 62.1 Å². The van der Waals surface area contributed by atoms with Gasteiger partial charge in [-0.15, -0.1) is 0 Å². The Morgan fingerprint density at radius 2 is 1.89 bits per heavy atom. The van der Waals surface area contributed by atoms with Gasteiger partial charge in [-0.05, 0) is 44.2 Å². The fraction of sp³-hybridized carbons (Fsp3) is 0.263. The van der Waals surface area contributed by atoms with E-state index in [1.165, 1.54) is 38.1 Å². The molecule has 0 aliphatic rings. The van der Waals surface area contributed by atoms with Crippen LogP contribution in [0.3, 0.4) is 0 Å². The van der Waals surface area contributed by atoms with Gasteiger partial charge in [0, 0.05) is 11.8 Å². The van der Waals surface area contributed by atoms with Crippen LogP contribution in [0.4, 0.5) is 23.2 Å². The molecule has 0 aromatic heterocycles. The predicted molar refractivity (Wildman–Crippen MR) is 95.5 cm³/mol. The van der Waals surface area contributed by atoms with Crippen molar-refractivity contribution in [2.45, 2.75) is 20.0 Å². The molecule has 0 fully saturated rings. The molecule has 0 saturated carbocycles. The maximum Gasteiger partial charge on any atom is 0.417 e. The number of carbonyl (C=O) groups is 1. The Labute approximate surface area is 163 Å². The number of alkyl halides is 3. The molecule has 9 heteroatoms. The first-order valence-corrected chi connectivity index (χ1v) is 8.32. The van der Waals surface area contributed by atoms with Crippen molar-refractivity contribution in [2.75, 3.05) is 11.9 Å². The maximum atomic E-state index is 13.4. The number of ether oxygens (including phenoxy) is 1. The number of rotatable bonds is 5. The lowest BCUT2D eigenvalue weighted by molar-refractivity contribution is -0.137. The van der Waals surface area contributed by atoms with Gasteiger partial charge in [0.1, 0.15) is 18.2 Å². The molecule has 0 saturated heterocycles. The lowest BCUT2D eigenvalue weighted by Crippen LogP contribution is -2.36. The van der Waals surface area contributed by atoms with Gasteiger partial charge in [0.05, 0.1) is 27.6 Å². The number of nitrogens with zero attached hydrogens (tertiary/aromatic N) is 1. The molecular formula is C19H15ClF4N2O2. The molecule has 148 valence electrons. The summed E-state index contributed by atoms with van der Waals surface area (Å²) in [4.78, 5) is 12.5. The molecular weight excluding hydrogens is 400 g/mol. The minimum absolute atomic E-state index is 0.0781. The smallest absolute Gasteiger partial charge is 0.417 e. The van der Waals surface area contributed by atoms with E-state index in [1.807, 2.05) is 0 Å². The van der Waals surface area contributed by atoms with Crippen molar-refractivity contribution >= 4 is 23.2 Å². The van der Waals surface area contributed by atoms with Gasteiger partial charge in [-0.2, -0.15) is 18.4 Å². The van der Waals surface area contributed by atoms with Gasteiger partial charge in [0.15, 0.2) is 0 Å². The lowest BCUT2D eigenvalue weighted by Gasteiger charge is -2.24. The Bertz CT molecular complexity index is 937. The second kappa shape index (κ2) is 8.07. The highest BCUT2D eigenvalue weighted by Crippen LogP contribution is 2.34. The summed E-state index contributed by atoms with van der Waals surface area (Å²) in [5.41, 5.74) is -2.94. The van der Waals surface area contributed by atoms with Crippen molar-refractivity contribution in [3.63, 3.8) is 0 Å². The van der Waals surface area contributed by atoms with Crippen LogP contribution in [0.5, 0.6) is 5.75 Å². The van der Waals surface area contributed by atoms with Crippen LogP contribution in [0.15, 0.2) is 36.4 Å². The monoisotopic (exact) mass is 414 g/mol. The highest BCUT2D eigenvalue weighted by molar-refractivity contribution is 6.30. The molecule has 0 aliphatic carbocycles. The van der Waals surface area contributed by atoms with Crippen LogP contribution in [0.25, 0.3) is 0 Å². The Balaban J connectivity index is 2.12. The molecule has 0 spiro atoms. The fourth-order valence-electron chi connectivity index (χ4n) is 2.15. The summed E-state index contributed by atoms with van der Waals surface area (Å²) in [6.07, 6.45) is -4.73. The zero-order valence-corrected chi connectivity index (χ0v) is 15.6. The Morgan fingerprint density at radius 1 is 1.21 bits per heavy atom. The number of carbonyl (C=O) groups excluding carboxylic acids is 1. The summed E-state index contributed by atoms with van der Waals surface area (Å²) >= 11 is 5.58. The van der Waals surface area contributed by atoms with Crippen molar-refractivity contribution in [1.82, 2.24) is 0 Å². The Hall–Kier alpha value is -2.79. The minimum atomic E-state index is -4.73. The van der Waals surface area contributed by atoms with Gasteiger partial charge in [-0.3, -0.25) is 4.79 Å². The third-order valence-corrected chi connectivity index (χ3v) is 4.12. The van der Waals surface area contributed by atoms with Gasteiger partial charge < -0.3 is 10.1 Å². The highest BCUT2D eigenvalue weighted by atomic mass is 35.5. The number of hydrogen-bond donors (Lipinski definition) is 1. The van der Waals surface area contributed by atoms with E-state index < -0.39 is 34.4 Å². The van der Waals surface area contributed by atoms with Crippen LogP contribution in [0.1, 0.15) is 25.0 Å². The average molecular weight is 415 g/mol. The Kier molecular flexibility index (Phi) is 6.20. The molecule has 0 heterocycles. The van der Waals surface area contributed by atoms with Crippen LogP contribution in [-0.2, 0) is 11.0 Å². The summed E-state index contributed by atoms with van der Waals surface area (Å²) in [5, 5.41) is 11.1. The first-order valence-electron chi connectivity index (χ1n) is 7.95. The van der Waals surface area contributed by atoms with Crippen molar-refractivity contribution < 1.29 is 27.1 Å². The summed E-state index contributed by atoms with van der Waals surface area (Å²) in [5.74, 6) is -1.14. The molecule has 0 atom stereocenters. The summed E-state index contributed by atoms with van der Waals surface area (Å²) in [7, 11) is 0. The van der Waals surface area contributed by atoms with Crippen molar-refractivity contribution in [1.29, 1.82) is 5.26 Å². The van der Waals surface area contributed by atoms with Crippen LogP contribution < -0.4 is 10.1 Å². The molecule has 0 unspecified atom stereocenters. The fourth-order valence-corrected chi connectivity index (χ4v) is 2.27. The molecule has 1 N–H and O–H groups in total. The molecule has 4 nitrogen and oxygen atoms in total. The van der Waals surface area contributed by atoms with E-state index in [0.29, 0.717) is 6.07 Å². The number of nitriles is 1. The summed E-state index contributed by atoms with van der Waals surface area (Å²) in [6, 6.07) is 8.14. The molecule has 28 heavy (non-hydrogen) atoms. The van der Waals surface area contributed by atoms with E-state index in [4.69, 9.17) is 21.6 Å². The number of nitrogens with one attached hydrogen (secondary N) is 1. The summed E-state index contributed by atoms with van der Waals surface area (Å²) < 4.78 is 57.9. The molecule has 0 bridgehead atoms. The standard InChI is InChI=1S/C19H15ClF4N2O2/c1-18(2,10-28-13-5-6-15(20)16(21)8-13)17(27)26-12-4-3-11(9-25)14(7-12)19(22,23)24/h3-8H,10H2,1-2H3,(H,26,27). The van der Waals surface area contributed by atoms with Crippen LogP contribution >= 0.6 is 11.6 Å². The van der Waals surface area contributed by atoms with Crippen molar-refractivity contribution in [3.05, 3.63) is 58.4 Å². The van der Waals surface area contributed by atoms with E-state index >= 15 is 0 Å². The van der Waals surface area contributed by atoms with E-state index in [9.17, 15) is 22.4 Å². The zero-order valence-electron chi connectivity index (χ0n) is 14.8. The highest BCUT2D eigenvalue weighted by Gasteiger charge is 2.35. The number of halogens is 5. The Morgan fingerprint density at radius 3 is 2.46 bits per heavy atom. The van der Waals surface area contributed by atoms with Crippen LogP contribution in [0.2, 0.25) is 5.02 Å². The van der Waals surface area contributed by atoms with Crippen LogP contribution in [-0.4, -0.2) is 12.5 Å². The largest absolute Gasteiger partial charge is 0.492 e.